The van der Waals surface area contributed by atoms with Gasteiger partial charge < -0.3 is 10.0 Å². The van der Waals surface area contributed by atoms with Gasteiger partial charge in [-0.3, -0.25) is 5.32 Å². The second kappa shape index (κ2) is 10.0. The van der Waals surface area contributed by atoms with E-state index < -0.39 is 5.60 Å². The molecule has 4 heteroatoms. The summed E-state index contributed by atoms with van der Waals surface area (Å²) in [5.41, 5.74) is 2.18. The normalized spacial score (nSPS) is 17.2. The average molecular weight is 416 g/mol. The van der Waals surface area contributed by atoms with E-state index >= 15 is 0 Å². The number of rotatable bonds is 7. The van der Waals surface area contributed by atoms with Crippen LogP contribution in [-0.4, -0.2) is 35.5 Å². The molecule has 1 aliphatic rings. The minimum absolute atomic E-state index is 0.0730. The van der Waals surface area contributed by atoms with Crippen LogP contribution >= 0.6 is 0 Å². The summed E-state index contributed by atoms with van der Waals surface area (Å²) in [6, 6.07) is 29.8. The third-order valence-electron chi connectivity index (χ3n) is 6.39. The Morgan fingerprint density at radius 3 is 2.03 bits per heavy atom. The van der Waals surface area contributed by atoms with Crippen molar-refractivity contribution in [3.63, 3.8) is 0 Å². The van der Waals surface area contributed by atoms with Gasteiger partial charge in [0.15, 0.2) is 0 Å². The molecule has 4 rings (SSSR count). The van der Waals surface area contributed by atoms with Crippen molar-refractivity contribution in [3.05, 3.63) is 108 Å². The number of aliphatic hydroxyl groups is 1. The van der Waals surface area contributed by atoms with Crippen molar-refractivity contribution in [1.29, 1.82) is 0 Å². The zero-order valence-corrected chi connectivity index (χ0v) is 17.9. The second-order valence-corrected chi connectivity index (χ2v) is 8.44. The Morgan fingerprint density at radius 1 is 0.871 bits per heavy atom. The van der Waals surface area contributed by atoms with Gasteiger partial charge in [0.25, 0.3) is 0 Å². The Bertz CT molecular complexity index is 952. The molecule has 0 unspecified atom stereocenters. The first-order valence-corrected chi connectivity index (χ1v) is 11.1. The Kier molecular flexibility index (Phi) is 6.92. The molecule has 160 valence electrons. The van der Waals surface area contributed by atoms with E-state index in [1.54, 1.807) is 0 Å². The molecule has 1 fully saturated rings. The summed E-state index contributed by atoms with van der Waals surface area (Å²) >= 11 is 0. The molecule has 0 aliphatic carbocycles. The van der Waals surface area contributed by atoms with Crippen molar-refractivity contribution in [2.45, 2.75) is 30.9 Å². The number of quaternary nitrogens is 1. The minimum Gasteiger partial charge on any atom is -0.385 e. The minimum atomic E-state index is -0.730. The van der Waals surface area contributed by atoms with E-state index in [1.807, 2.05) is 84.2 Å². The number of likely N-dealkylation sites (tertiary alicyclic amines) is 1. The summed E-state index contributed by atoms with van der Waals surface area (Å²) in [5.74, 6) is 0.0755. The number of nitrogens with two attached hydrogens (primary N) is 1. The first-order chi connectivity index (χ1) is 15.1. The molecule has 3 aromatic rings. The molecule has 1 amide bonds. The quantitative estimate of drug-likeness (QED) is 0.621. The van der Waals surface area contributed by atoms with Crippen LogP contribution in [0.3, 0.4) is 0 Å². The Balaban J connectivity index is 1.37. The molecule has 0 aromatic heterocycles. The van der Waals surface area contributed by atoms with E-state index in [9.17, 15) is 9.90 Å². The fourth-order valence-electron chi connectivity index (χ4n) is 4.43. The predicted octanol–water partition coefficient (Wildman–Crippen LogP) is 3.51. The maximum absolute atomic E-state index is 12.8. The third-order valence-corrected chi connectivity index (χ3v) is 6.39. The van der Waals surface area contributed by atoms with Crippen molar-refractivity contribution in [2.75, 3.05) is 19.6 Å². The number of hydrogen-bond donors (Lipinski definition) is 2. The lowest BCUT2D eigenvalue weighted by molar-refractivity contribution is -0.602. The summed E-state index contributed by atoms with van der Waals surface area (Å²) in [6.45, 7) is 2.63. The summed E-state index contributed by atoms with van der Waals surface area (Å²) in [7, 11) is 0. The fourth-order valence-corrected chi connectivity index (χ4v) is 4.43. The van der Waals surface area contributed by atoms with Gasteiger partial charge in [0.2, 0.25) is 0 Å². The fraction of sp³-hybridized carbons (Fsp3) is 0.296. The second-order valence-electron chi connectivity index (χ2n) is 8.44. The molecule has 1 atom stereocenters. The van der Waals surface area contributed by atoms with Crippen molar-refractivity contribution in [1.82, 2.24) is 4.90 Å². The van der Waals surface area contributed by atoms with Crippen molar-refractivity contribution in [2.24, 2.45) is 0 Å². The van der Waals surface area contributed by atoms with Crippen molar-refractivity contribution < 1.29 is 15.2 Å². The van der Waals surface area contributed by atoms with Crippen LogP contribution in [0.5, 0.6) is 0 Å². The van der Waals surface area contributed by atoms with E-state index in [0.717, 1.165) is 50.0 Å². The maximum atomic E-state index is 12.8. The van der Waals surface area contributed by atoms with Crippen molar-refractivity contribution in [3.8, 4) is 0 Å². The number of carbonyl (C=O) groups is 1. The Morgan fingerprint density at radius 2 is 1.42 bits per heavy atom. The smallest absolute Gasteiger partial charge is 0.343 e. The third kappa shape index (κ3) is 5.47. The largest absolute Gasteiger partial charge is 0.385 e. The van der Waals surface area contributed by atoms with Gasteiger partial charge in [-0.1, -0.05) is 78.9 Å². The highest BCUT2D eigenvalue weighted by Crippen LogP contribution is 2.32. The van der Waals surface area contributed by atoms with Crippen LogP contribution in [0.25, 0.3) is 0 Å². The zero-order chi connectivity index (χ0) is 21.5. The van der Waals surface area contributed by atoms with E-state index in [1.165, 1.54) is 5.56 Å². The highest BCUT2D eigenvalue weighted by atomic mass is 16.3. The molecule has 1 saturated heterocycles. The number of benzene rings is 3. The van der Waals surface area contributed by atoms with E-state index in [0.29, 0.717) is 0 Å². The van der Waals surface area contributed by atoms with Crippen LogP contribution in [0.1, 0.15) is 46.8 Å². The first kappa shape index (κ1) is 21.4. The Hall–Kier alpha value is -2.79. The molecule has 0 bridgehead atoms. The van der Waals surface area contributed by atoms with E-state index in [-0.39, 0.29) is 11.9 Å². The van der Waals surface area contributed by atoms with Gasteiger partial charge in [0.1, 0.15) is 6.04 Å². The van der Waals surface area contributed by atoms with Gasteiger partial charge >= 0.3 is 5.91 Å². The van der Waals surface area contributed by atoms with Crippen LogP contribution in [0.4, 0.5) is 0 Å². The summed E-state index contributed by atoms with van der Waals surface area (Å²) in [4.78, 5) is 15.2. The number of primary amides is 1. The average Bonchev–Trinajstić information content (AvgIpc) is 2.84. The molecule has 3 aromatic carbocycles. The van der Waals surface area contributed by atoms with Gasteiger partial charge in [-0.15, -0.1) is 0 Å². The molecule has 0 radical (unpaired) electrons. The number of hydrogen-bond acceptors (Lipinski definition) is 3. The standard InChI is InChI=1S/C27H30N2O2/c30-26(23-12-6-2-7-13-23)28-25(22-10-4-1-5-11-22)16-19-29-20-17-27(31,18-21-29)24-14-8-3-9-15-24/h1-15,25,31H,16-21H2,(H,28,30)/p+1/t25-/m0/s1. The highest BCUT2D eigenvalue weighted by molar-refractivity contribution is 5.86. The molecule has 4 nitrogen and oxygen atoms in total. The van der Waals surface area contributed by atoms with E-state index in [4.69, 9.17) is 0 Å². The van der Waals surface area contributed by atoms with Gasteiger partial charge in [0, 0.05) is 31.6 Å². The molecule has 3 N–H and O–H groups in total. The lowest BCUT2D eigenvalue weighted by Crippen LogP contribution is -2.89. The topological polar surface area (TPSA) is 57.2 Å². The lowest BCUT2D eigenvalue weighted by Gasteiger charge is -2.38. The first-order valence-electron chi connectivity index (χ1n) is 11.1. The summed E-state index contributed by atoms with van der Waals surface area (Å²) in [6.07, 6.45) is 2.35. The van der Waals surface area contributed by atoms with Gasteiger partial charge in [-0.25, -0.2) is 4.79 Å². The lowest BCUT2D eigenvalue weighted by atomic mass is 9.84. The molecule has 1 heterocycles. The van der Waals surface area contributed by atoms with Crippen LogP contribution in [0, 0.1) is 0 Å². The number of nitrogens with zero attached hydrogens (tertiary/aromatic N) is 1. The molecule has 1 aliphatic heterocycles. The van der Waals surface area contributed by atoms with Crippen LogP contribution in [0.2, 0.25) is 0 Å². The van der Waals surface area contributed by atoms with Crippen LogP contribution < -0.4 is 5.32 Å². The monoisotopic (exact) mass is 415 g/mol. The van der Waals surface area contributed by atoms with Crippen LogP contribution in [-0.2, 0) is 5.60 Å². The number of piperidine rings is 1. The summed E-state index contributed by atoms with van der Waals surface area (Å²) in [5, 5.41) is 13.0. The maximum Gasteiger partial charge on any atom is 0.343 e. The van der Waals surface area contributed by atoms with Gasteiger partial charge in [0.05, 0.1) is 11.2 Å². The SMILES string of the molecule is O=C([NH2+][C@@H](CCN1CCC(O)(c2ccccc2)CC1)c1ccccc1)c1ccccc1. The Labute approximate surface area is 184 Å². The van der Waals surface area contributed by atoms with Crippen molar-refractivity contribution >= 4 is 5.91 Å². The number of amides is 1. The molecule has 0 spiro atoms. The molecule has 31 heavy (non-hydrogen) atoms. The molecular weight excluding hydrogens is 384 g/mol. The zero-order valence-electron chi connectivity index (χ0n) is 17.9. The molecular formula is C27H31N2O2+. The van der Waals surface area contributed by atoms with Crippen LogP contribution in [0.15, 0.2) is 91.0 Å². The van der Waals surface area contributed by atoms with Gasteiger partial charge in [-0.2, -0.15) is 0 Å². The van der Waals surface area contributed by atoms with E-state index in [2.05, 4.69) is 17.0 Å². The molecule has 0 saturated carbocycles. The highest BCUT2D eigenvalue weighted by Gasteiger charge is 2.34. The van der Waals surface area contributed by atoms with Gasteiger partial charge in [-0.05, 0) is 30.5 Å². The predicted molar refractivity (Wildman–Crippen MR) is 123 cm³/mol. The summed E-state index contributed by atoms with van der Waals surface area (Å²) < 4.78 is 0. The number of carbonyl (C=O) groups excluding carboxylic acids is 1.